The van der Waals surface area contributed by atoms with Crippen LogP contribution in [0.25, 0.3) is 0 Å². The van der Waals surface area contributed by atoms with Gasteiger partial charge < -0.3 is 140 Å². The van der Waals surface area contributed by atoms with Crippen molar-refractivity contribution in [1.29, 1.82) is 0 Å². The maximum atomic E-state index is 13.1. The summed E-state index contributed by atoms with van der Waals surface area (Å²) in [6.45, 7) is -1.48. The Morgan fingerprint density at radius 2 is 0.772 bits per heavy atom. The average molecular weight is 1400 g/mol. The van der Waals surface area contributed by atoms with Crippen LogP contribution >= 0.6 is 0 Å². The zero-order valence-electron chi connectivity index (χ0n) is 47.5. The number of carbonyl (C=O) groups is 3. The molecule has 6 heterocycles. The van der Waals surface area contributed by atoms with Gasteiger partial charge in [0.05, 0.1) is 50.7 Å². The average Bonchev–Trinajstić information content (AvgIpc) is 0.804. The highest BCUT2D eigenvalue weighted by atomic mass is 32.3. The van der Waals surface area contributed by atoms with Gasteiger partial charge in [0.15, 0.2) is 56.1 Å². The first kappa shape index (κ1) is 75.6. The van der Waals surface area contributed by atoms with E-state index in [1.165, 1.54) is 26.0 Å². The second-order valence-corrected chi connectivity index (χ2v) is 24.9. The summed E-state index contributed by atoms with van der Waals surface area (Å²) in [4.78, 5) is 38.2. The number of carboxylic acid groups (broad SMARTS) is 3. The zero-order chi connectivity index (χ0) is 68.4. The standard InChI is InChI=1S/C46H71N3O40S3/c1-12(2)78-44-26(56)23(53)32(35(87-44)38(59)60)85-42-18(48)22(52)29(15(80-42)10-76-91(68,69)70)82-45-27(57)24(54)34(37(88-45)40(63)64)86-43-19(49)31(74-8-13-6-4-3-5-7-13)30(16(81-43)11-77-92(71,72)73)83-46-28(58)25(55)33(36(89-46)39(61)62)84-41-17(47)21(51)20(50)14(79-41)9-75-90(65,66)67/h3-7,12,14-37,41-46,50-58H,8-11,47-49H2,1-2H3,(H,59,60)(H,61,62)(H,63,64)(H,65,66,67)(H,68,69,70)(H,71,72,73)/t14-,15-,16-,17-,18-,19-,20-,21-,22-,23-,24-,25-,26-,27-,28-,29-,30-,31-,32+,33+,34+,35-,36-,37-,41-,42-,43-,44-,45-,46-/m1/s1. The number of hydrogen-bond acceptors (Lipinski definition) is 37. The van der Waals surface area contributed by atoms with E-state index in [-0.39, 0.29) is 0 Å². The van der Waals surface area contributed by atoms with Crippen LogP contribution in [0.3, 0.4) is 0 Å². The lowest BCUT2D eigenvalue weighted by Crippen LogP contribution is -2.70. The van der Waals surface area contributed by atoms with Gasteiger partial charge in [-0.15, -0.1) is 0 Å². The molecule has 7 rings (SSSR count). The van der Waals surface area contributed by atoms with Crippen LogP contribution in [0.1, 0.15) is 19.4 Å². The second kappa shape index (κ2) is 31.2. The van der Waals surface area contributed by atoms with E-state index < -0.39 is 266 Å². The lowest BCUT2D eigenvalue weighted by atomic mass is 9.94. The van der Waals surface area contributed by atoms with Gasteiger partial charge in [0.2, 0.25) is 0 Å². The predicted octanol–water partition coefficient (Wildman–Crippen LogP) is -10.8. The molecule has 6 saturated heterocycles. The van der Waals surface area contributed by atoms with E-state index in [4.69, 9.17) is 83.3 Å². The highest BCUT2D eigenvalue weighted by Gasteiger charge is 2.60. The Morgan fingerprint density at radius 3 is 1.18 bits per heavy atom. The maximum Gasteiger partial charge on any atom is 0.397 e. The molecule has 1 aromatic rings. The van der Waals surface area contributed by atoms with E-state index in [0.29, 0.717) is 5.56 Å². The quantitative estimate of drug-likeness (QED) is 0.0364. The summed E-state index contributed by atoms with van der Waals surface area (Å²) in [5.41, 5.74) is 19.2. The minimum Gasteiger partial charge on any atom is -0.479 e. The van der Waals surface area contributed by atoms with E-state index in [2.05, 4.69) is 12.5 Å². The molecule has 46 heteroatoms. The highest BCUT2D eigenvalue weighted by Crippen LogP contribution is 2.38. The fourth-order valence-electron chi connectivity index (χ4n) is 10.3. The molecule has 6 aliphatic heterocycles. The van der Waals surface area contributed by atoms with E-state index in [9.17, 15) is 110 Å². The van der Waals surface area contributed by atoms with Crippen LogP contribution in [0.5, 0.6) is 0 Å². The molecule has 0 saturated carbocycles. The fourth-order valence-corrected chi connectivity index (χ4v) is 11.2. The molecular formula is C46H71N3O40S3. The van der Waals surface area contributed by atoms with Crippen molar-refractivity contribution in [2.75, 3.05) is 19.8 Å². The number of benzene rings is 1. The smallest absolute Gasteiger partial charge is 0.397 e. The summed E-state index contributed by atoms with van der Waals surface area (Å²) in [5, 5.41) is 132. The van der Waals surface area contributed by atoms with Crippen LogP contribution in [-0.4, -0.2) is 328 Å². The summed E-state index contributed by atoms with van der Waals surface area (Å²) in [6.07, 6.45) is -60.9. The van der Waals surface area contributed by atoms with Gasteiger partial charge in [-0.25, -0.2) is 26.9 Å². The summed E-state index contributed by atoms with van der Waals surface area (Å²) in [7, 11) is -16.1. The SMILES string of the molecule is CC(C)O[C@@H]1O[C@@H](C(=O)O)[C@@H](O[C@H]2O[C@H](COS(=O)(=O)O)[C@@H](O[C@@H]3O[C@@H](C(=O)O)[C@@H](O[C@H]4O[C@H](COS(=O)(=O)O)[C@@H](O[C@@H]5O[C@@H](C(=O)O)[C@@H](O[C@H]6O[C@H](COS(=O)(=O)O)[C@@H](O)[C@H](O)[C@H]6N)[C@H](O)[C@H]5O)[C@H](OCc5ccccc5)[C@H]4N)[C@H](O)[C@H]3O)[C@H](O)[C@H]2N)[C@H](O)[C@H]1O. The molecule has 30 atom stereocenters. The van der Waals surface area contributed by atoms with Crippen molar-refractivity contribution < 1.29 is 189 Å². The minimum absolute atomic E-state index is 0.353. The van der Waals surface area contributed by atoms with Crippen molar-refractivity contribution in [3.05, 3.63) is 35.9 Å². The number of aliphatic hydroxyl groups excluding tert-OH is 9. The normalized spacial score (nSPS) is 42.5. The monoisotopic (exact) mass is 1400 g/mol. The number of nitrogens with two attached hydrogens (primary N) is 3. The second-order valence-electron chi connectivity index (χ2n) is 21.7. The molecule has 6 aliphatic rings. The molecule has 0 aromatic heterocycles. The Bertz CT molecular complexity index is 2970. The third kappa shape index (κ3) is 18.7. The van der Waals surface area contributed by atoms with Gasteiger partial charge in [-0.2, -0.15) is 25.3 Å². The molecule has 528 valence electrons. The maximum absolute atomic E-state index is 13.1. The van der Waals surface area contributed by atoms with Gasteiger partial charge in [0.25, 0.3) is 0 Å². The molecule has 6 fully saturated rings. The number of carboxylic acids is 3. The predicted molar refractivity (Wildman–Crippen MR) is 281 cm³/mol. The summed E-state index contributed by atoms with van der Waals surface area (Å²) in [5.74, 6) is -5.85. The lowest BCUT2D eigenvalue weighted by molar-refractivity contribution is -0.379. The summed E-state index contributed by atoms with van der Waals surface area (Å²) in [6, 6.07) is 1.91. The summed E-state index contributed by atoms with van der Waals surface area (Å²) < 4.78 is 185. The van der Waals surface area contributed by atoms with Gasteiger partial charge in [-0.1, -0.05) is 30.3 Å². The van der Waals surface area contributed by atoms with Crippen LogP contribution in [0.15, 0.2) is 30.3 Å². The van der Waals surface area contributed by atoms with Gasteiger partial charge in [-0.3, -0.25) is 13.7 Å². The van der Waals surface area contributed by atoms with Gasteiger partial charge >= 0.3 is 49.1 Å². The van der Waals surface area contributed by atoms with E-state index >= 15 is 0 Å². The number of aliphatic hydroxyl groups is 9. The first-order chi connectivity index (χ1) is 42.8. The molecule has 0 bridgehead atoms. The molecule has 0 spiro atoms. The molecular weight excluding hydrogens is 1330 g/mol. The van der Waals surface area contributed by atoms with E-state index in [1.54, 1.807) is 18.2 Å². The third-order valence-corrected chi connectivity index (χ3v) is 16.1. The van der Waals surface area contributed by atoms with E-state index in [1.807, 2.05) is 0 Å². The van der Waals surface area contributed by atoms with Crippen LogP contribution in [0.2, 0.25) is 0 Å². The number of rotatable bonds is 27. The highest BCUT2D eigenvalue weighted by molar-refractivity contribution is 7.81. The van der Waals surface area contributed by atoms with Crippen LogP contribution < -0.4 is 17.2 Å². The van der Waals surface area contributed by atoms with Crippen molar-refractivity contribution in [3.63, 3.8) is 0 Å². The molecule has 0 unspecified atom stereocenters. The molecule has 0 amide bonds. The molecule has 0 radical (unpaired) electrons. The summed E-state index contributed by atoms with van der Waals surface area (Å²) >= 11 is 0. The Labute approximate surface area is 519 Å². The number of hydrogen-bond donors (Lipinski definition) is 18. The Morgan fingerprint density at radius 1 is 0.424 bits per heavy atom. The Kier molecular flexibility index (Phi) is 25.6. The van der Waals surface area contributed by atoms with Crippen molar-refractivity contribution in [1.82, 2.24) is 0 Å². The first-order valence-electron chi connectivity index (χ1n) is 27.2. The molecule has 0 aliphatic carbocycles. The van der Waals surface area contributed by atoms with Crippen molar-refractivity contribution in [2.45, 2.75) is 211 Å². The lowest BCUT2D eigenvalue weighted by Gasteiger charge is -2.50. The molecule has 1 aromatic carbocycles. The number of aliphatic carboxylic acids is 3. The third-order valence-electron chi connectivity index (χ3n) is 14.8. The topological polar surface area (TPSA) is 683 Å². The molecule has 21 N–H and O–H groups in total. The first-order valence-corrected chi connectivity index (χ1v) is 31.3. The van der Waals surface area contributed by atoms with Gasteiger partial charge in [0, 0.05) is 0 Å². The van der Waals surface area contributed by atoms with Crippen molar-refractivity contribution in [3.8, 4) is 0 Å². The fraction of sp³-hybridized carbons (Fsp3) is 0.804. The van der Waals surface area contributed by atoms with Crippen molar-refractivity contribution >= 4 is 49.1 Å². The molecule has 92 heavy (non-hydrogen) atoms. The van der Waals surface area contributed by atoms with Gasteiger partial charge in [0.1, 0.15) is 110 Å². The van der Waals surface area contributed by atoms with Crippen LogP contribution in [0.4, 0.5) is 0 Å². The largest absolute Gasteiger partial charge is 0.479 e. The van der Waals surface area contributed by atoms with Crippen molar-refractivity contribution in [2.24, 2.45) is 17.2 Å². The minimum atomic E-state index is -5.50. The molecule has 43 nitrogen and oxygen atoms in total. The van der Waals surface area contributed by atoms with Crippen LogP contribution in [-0.2, 0) is 126 Å². The van der Waals surface area contributed by atoms with E-state index in [0.717, 1.165) is 0 Å². The zero-order valence-corrected chi connectivity index (χ0v) is 49.9. The van der Waals surface area contributed by atoms with Gasteiger partial charge in [-0.05, 0) is 19.4 Å². The Hall–Kier alpha value is -3.76. The van der Waals surface area contributed by atoms with Crippen LogP contribution in [0, 0.1) is 0 Å². The number of ether oxygens (including phenoxy) is 13. The Balaban J connectivity index is 1.13.